The summed E-state index contributed by atoms with van der Waals surface area (Å²) in [6, 6.07) is 7.75. The highest BCUT2D eigenvalue weighted by Gasteiger charge is 2.07. The van der Waals surface area contributed by atoms with E-state index in [-0.39, 0.29) is 12.5 Å². The lowest BCUT2D eigenvalue weighted by molar-refractivity contribution is -0.114. The molecular formula is C14H17N3O2S. The van der Waals surface area contributed by atoms with Crippen molar-refractivity contribution in [2.24, 2.45) is 5.73 Å². The SMILES string of the molecule is CCCOc1cccc(-c2csc(NC(=O)CN)n2)c1. The van der Waals surface area contributed by atoms with Gasteiger partial charge in [0.05, 0.1) is 18.8 Å². The number of carbonyl (C=O) groups is 1. The van der Waals surface area contributed by atoms with Gasteiger partial charge in [0.1, 0.15) is 5.75 Å². The number of hydrogen-bond donors (Lipinski definition) is 2. The Balaban J connectivity index is 2.13. The van der Waals surface area contributed by atoms with Crippen molar-refractivity contribution in [3.8, 4) is 17.0 Å². The Labute approximate surface area is 121 Å². The first-order valence-corrected chi connectivity index (χ1v) is 7.29. The van der Waals surface area contributed by atoms with E-state index >= 15 is 0 Å². The Morgan fingerprint density at radius 2 is 2.35 bits per heavy atom. The Hall–Kier alpha value is -1.92. The van der Waals surface area contributed by atoms with E-state index in [1.807, 2.05) is 29.6 Å². The zero-order chi connectivity index (χ0) is 14.4. The number of nitrogens with zero attached hydrogens (tertiary/aromatic N) is 1. The van der Waals surface area contributed by atoms with Gasteiger partial charge in [0.25, 0.3) is 0 Å². The third-order valence-corrected chi connectivity index (χ3v) is 3.30. The summed E-state index contributed by atoms with van der Waals surface area (Å²) in [4.78, 5) is 15.6. The average molecular weight is 291 g/mol. The molecule has 1 aromatic heterocycles. The maximum absolute atomic E-state index is 11.2. The van der Waals surface area contributed by atoms with E-state index in [1.54, 1.807) is 0 Å². The van der Waals surface area contributed by atoms with E-state index < -0.39 is 0 Å². The summed E-state index contributed by atoms with van der Waals surface area (Å²) in [6.07, 6.45) is 0.968. The highest BCUT2D eigenvalue weighted by Crippen LogP contribution is 2.27. The fraction of sp³-hybridized carbons (Fsp3) is 0.286. The third-order valence-electron chi connectivity index (χ3n) is 2.54. The van der Waals surface area contributed by atoms with Gasteiger partial charge in [0, 0.05) is 10.9 Å². The molecule has 0 fully saturated rings. The summed E-state index contributed by atoms with van der Waals surface area (Å²) in [7, 11) is 0. The van der Waals surface area contributed by atoms with Crippen molar-refractivity contribution >= 4 is 22.4 Å². The molecule has 1 amide bonds. The molecule has 0 atom stereocenters. The molecule has 106 valence electrons. The van der Waals surface area contributed by atoms with Gasteiger partial charge >= 0.3 is 0 Å². The number of rotatable bonds is 6. The quantitative estimate of drug-likeness (QED) is 0.857. The van der Waals surface area contributed by atoms with Gasteiger partial charge < -0.3 is 15.8 Å². The molecule has 5 nitrogen and oxygen atoms in total. The molecule has 2 rings (SSSR count). The topological polar surface area (TPSA) is 77.2 Å². The number of aromatic nitrogens is 1. The molecule has 0 spiro atoms. The molecule has 1 aromatic carbocycles. The predicted molar refractivity (Wildman–Crippen MR) is 81.0 cm³/mol. The van der Waals surface area contributed by atoms with Gasteiger partial charge in [-0.2, -0.15) is 0 Å². The molecule has 0 aliphatic rings. The molecule has 1 heterocycles. The summed E-state index contributed by atoms with van der Waals surface area (Å²) in [5.41, 5.74) is 7.02. The molecule has 2 aromatic rings. The van der Waals surface area contributed by atoms with Crippen molar-refractivity contribution in [3.05, 3.63) is 29.6 Å². The van der Waals surface area contributed by atoms with Gasteiger partial charge in [-0.1, -0.05) is 19.1 Å². The minimum atomic E-state index is -0.245. The van der Waals surface area contributed by atoms with Crippen molar-refractivity contribution in [1.82, 2.24) is 4.98 Å². The van der Waals surface area contributed by atoms with Crippen LogP contribution in [0.1, 0.15) is 13.3 Å². The average Bonchev–Trinajstić information content (AvgIpc) is 2.93. The summed E-state index contributed by atoms with van der Waals surface area (Å²) in [6.45, 7) is 2.71. The van der Waals surface area contributed by atoms with Gasteiger partial charge in [-0.3, -0.25) is 4.79 Å². The van der Waals surface area contributed by atoms with Gasteiger partial charge in [-0.05, 0) is 18.6 Å². The molecule has 0 aliphatic heterocycles. The van der Waals surface area contributed by atoms with Gasteiger partial charge in [-0.25, -0.2) is 4.98 Å². The minimum Gasteiger partial charge on any atom is -0.494 e. The summed E-state index contributed by atoms with van der Waals surface area (Å²) < 4.78 is 5.60. The zero-order valence-electron chi connectivity index (χ0n) is 11.3. The predicted octanol–water partition coefficient (Wildman–Crippen LogP) is 2.50. The van der Waals surface area contributed by atoms with Crippen LogP contribution in [0.25, 0.3) is 11.3 Å². The van der Waals surface area contributed by atoms with Crippen molar-refractivity contribution in [2.75, 3.05) is 18.5 Å². The monoisotopic (exact) mass is 291 g/mol. The number of anilines is 1. The molecule has 3 N–H and O–H groups in total. The first-order valence-electron chi connectivity index (χ1n) is 6.41. The van der Waals surface area contributed by atoms with E-state index in [0.717, 1.165) is 23.4 Å². The second-order valence-electron chi connectivity index (χ2n) is 4.17. The molecule has 6 heteroatoms. The lowest BCUT2D eigenvalue weighted by Gasteiger charge is -2.05. The van der Waals surface area contributed by atoms with Gasteiger partial charge in [0.15, 0.2) is 5.13 Å². The first kappa shape index (κ1) is 14.5. The lowest BCUT2D eigenvalue weighted by Crippen LogP contribution is -2.21. The fourth-order valence-corrected chi connectivity index (χ4v) is 2.34. The van der Waals surface area contributed by atoms with Crippen LogP contribution in [-0.2, 0) is 4.79 Å². The van der Waals surface area contributed by atoms with E-state index in [2.05, 4.69) is 17.2 Å². The largest absolute Gasteiger partial charge is 0.494 e. The molecular weight excluding hydrogens is 274 g/mol. The van der Waals surface area contributed by atoms with Gasteiger partial charge in [-0.15, -0.1) is 11.3 Å². The summed E-state index contributed by atoms with van der Waals surface area (Å²) >= 11 is 1.37. The Morgan fingerprint density at radius 3 is 3.10 bits per heavy atom. The minimum absolute atomic E-state index is 0.0464. The fourth-order valence-electron chi connectivity index (χ4n) is 1.60. The standard InChI is InChI=1S/C14H17N3O2S/c1-2-6-19-11-5-3-4-10(7-11)12-9-20-14(16-12)17-13(18)8-15/h3-5,7,9H,2,6,8,15H2,1H3,(H,16,17,18). The number of thiazole rings is 1. The molecule has 20 heavy (non-hydrogen) atoms. The van der Waals surface area contributed by atoms with Gasteiger partial charge in [0.2, 0.25) is 5.91 Å². The van der Waals surface area contributed by atoms with E-state index in [9.17, 15) is 4.79 Å². The molecule has 0 saturated carbocycles. The maximum Gasteiger partial charge on any atom is 0.239 e. The number of hydrogen-bond acceptors (Lipinski definition) is 5. The highest BCUT2D eigenvalue weighted by molar-refractivity contribution is 7.14. The lowest BCUT2D eigenvalue weighted by atomic mass is 10.2. The van der Waals surface area contributed by atoms with E-state index in [4.69, 9.17) is 10.5 Å². The Bertz CT molecular complexity index is 583. The summed E-state index contributed by atoms with van der Waals surface area (Å²) in [5.74, 6) is 0.579. The number of nitrogens with two attached hydrogens (primary N) is 1. The number of amides is 1. The van der Waals surface area contributed by atoms with E-state index in [0.29, 0.717) is 11.7 Å². The van der Waals surface area contributed by atoms with Crippen molar-refractivity contribution < 1.29 is 9.53 Å². The highest BCUT2D eigenvalue weighted by atomic mass is 32.1. The van der Waals surface area contributed by atoms with E-state index in [1.165, 1.54) is 11.3 Å². The Morgan fingerprint density at radius 1 is 1.50 bits per heavy atom. The van der Waals surface area contributed by atoms with Crippen LogP contribution >= 0.6 is 11.3 Å². The molecule has 0 bridgehead atoms. The zero-order valence-corrected chi connectivity index (χ0v) is 12.1. The smallest absolute Gasteiger partial charge is 0.239 e. The number of benzene rings is 1. The third kappa shape index (κ3) is 3.79. The number of nitrogens with one attached hydrogen (secondary N) is 1. The van der Waals surface area contributed by atoms with Crippen LogP contribution in [0, 0.1) is 0 Å². The molecule has 0 saturated heterocycles. The Kier molecular flexibility index (Phi) is 5.09. The molecule has 0 aliphatic carbocycles. The van der Waals surface area contributed by atoms with Crippen LogP contribution in [0.15, 0.2) is 29.6 Å². The van der Waals surface area contributed by atoms with Crippen LogP contribution < -0.4 is 15.8 Å². The van der Waals surface area contributed by atoms with Crippen LogP contribution in [0.5, 0.6) is 5.75 Å². The second-order valence-corrected chi connectivity index (χ2v) is 5.02. The molecule has 0 radical (unpaired) electrons. The van der Waals surface area contributed by atoms with Crippen LogP contribution in [0.3, 0.4) is 0 Å². The van der Waals surface area contributed by atoms with Crippen molar-refractivity contribution in [1.29, 1.82) is 0 Å². The normalized spacial score (nSPS) is 10.3. The van der Waals surface area contributed by atoms with Crippen LogP contribution in [-0.4, -0.2) is 24.0 Å². The second kappa shape index (κ2) is 7.02. The van der Waals surface area contributed by atoms with Crippen LogP contribution in [0.4, 0.5) is 5.13 Å². The van der Waals surface area contributed by atoms with Crippen LogP contribution in [0.2, 0.25) is 0 Å². The number of carbonyl (C=O) groups excluding carboxylic acids is 1. The maximum atomic E-state index is 11.2. The number of ether oxygens (including phenoxy) is 1. The van der Waals surface area contributed by atoms with Crippen molar-refractivity contribution in [2.45, 2.75) is 13.3 Å². The summed E-state index contributed by atoms with van der Waals surface area (Å²) in [5, 5.41) is 5.09. The molecule has 0 unspecified atom stereocenters. The first-order chi connectivity index (χ1) is 9.72. The van der Waals surface area contributed by atoms with Crippen molar-refractivity contribution in [3.63, 3.8) is 0 Å².